The highest BCUT2D eigenvalue weighted by Gasteiger charge is 2.21. The third-order valence-electron chi connectivity index (χ3n) is 6.38. The van der Waals surface area contributed by atoms with E-state index in [1.165, 1.54) is 22.0 Å². The second-order valence-corrected chi connectivity index (χ2v) is 8.52. The Morgan fingerprint density at radius 1 is 1.03 bits per heavy atom. The molecule has 2 aromatic carbocycles. The van der Waals surface area contributed by atoms with Gasteiger partial charge < -0.3 is 14.8 Å². The molecule has 1 aromatic heterocycles. The van der Waals surface area contributed by atoms with E-state index in [0.29, 0.717) is 19.0 Å². The zero-order valence-corrected chi connectivity index (χ0v) is 18.3. The van der Waals surface area contributed by atoms with Crippen LogP contribution < -0.4 is 5.32 Å². The Kier molecular flexibility index (Phi) is 7.03. The summed E-state index contributed by atoms with van der Waals surface area (Å²) in [5.74, 6) is -0.0538. The summed E-state index contributed by atoms with van der Waals surface area (Å²) in [7, 11) is 0. The molecule has 164 valence electrons. The Labute approximate surface area is 184 Å². The second kappa shape index (κ2) is 10.1. The molecule has 0 spiro atoms. The largest absolute Gasteiger partial charge is 0.356 e. The molecule has 0 saturated carbocycles. The number of carbonyl (C=O) groups is 1. The quantitative estimate of drug-likeness (QED) is 0.571. The number of hydrogen-bond acceptors (Lipinski definition) is 2. The molecule has 0 aliphatic carbocycles. The van der Waals surface area contributed by atoms with Gasteiger partial charge in [-0.15, -0.1) is 0 Å². The molecule has 1 saturated heterocycles. The molecule has 4 rings (SSSR count). The number of carbonyl (C=O) groups excluding carboxylic acids is 1. The summed E-state index contributed by atoms with van der Waals surface area (Å²) in [4.78, 5) is 14.3. The Balaban J connectivity index is 1.34. The maximum absolute atomic E-state index is 13.1. The number of hydrogen-bond donors (Lipinski definition) is 1. The summed E-state index contributed by atoms with van der Waals surface area (Å²) in [5.41, 5.74) is 3.69. The number of piperidine rings is 1. The van der Waals surface area contributed by atoms with E-state index >= 15 is 0 Å². The van der Waals surface area contributed by atoms with E-state index < -0.39 is 0 Å². The molecule has 1 N–H and O–H groups in total. The van der Waals surface area contributed by atoms with E-state index in [0.717, 1.165) is 45.3 Å². The lowest BCUT2D eigenvalue weighted by Gasteiger charge is -2.33. The highest BCUT2D eigenvalue weighted by Crippen LogP contribution is 2.28. The third kappa shape index (κ3) is 5.53. The minimum atomic E-state index is -0.170. The van der Waals surface area contributed by atoms with E-state index in [4.69, 9.17) is 0 Å². The second-order valence-electron chi connectivity index (χ2n) is 8.52. The van der Waals surface area contributed by atoms with Crippen LogP contribution in [-0.4, -0.2) is 41.6 Å². The van der Waals surface area contributed by atoms with Crippen LogP contribution in [-0.2, 0) is 17.6 Å². The van der Waals surface area contributed by atoms with Gasteiger partial charge in [-0.3, -0.25) is 4.79 Å². The number of benzene rings is 2. The van der Waals surface area contributed by atoms with Crippen molar-refractivity contribution in [3.8, 4) is 0 Å². The summed E-state index contributed by atoms with van der Waals surface area (Å²) in [5, 5.41) is 4.14. The first-order valence-corrected chi connectivity index (χ1v) is 11.5. The SMILES string of the molecule is CCNC(=O)CCc1ccc2ccn(C3CCN(CCc4ccc(F)cc4)CC3)c2c1. The van der Waals surface area contributed by atoms with Gasteiger partial charge in [0.15, 0.2) is 0 Å². The number of aryl methyl sites for hydroxylation is 1. The Morgan fingerprint density at radius 2 is 1.77 bits per heavy atom. The van der Waals surface area contributed by atoms with Gasteiger partial charge in [0.2, 0.25) is 5.91 Å². The number of rotatable bonds is 8. The number of amides is 1. The zero-order valence-electron chi connectivity index (χ0n) is 18.3. The molecular weight excluding hydrogens is 389 g/mol. The number of halogens is 1. The molecule has 1 aliphatic rings. The summed E-state index contributed by atoms with van der Waals surface area (Å²) < 4.78 is 15.5. The van der Waals surface area contributed by atoms with E-state index in [-0.39, 0.29) is 11.7 Å². The summed E-state index contributed by atoms with van der Waals surface area (Å²) in [6, 6.07) is 16.2. The highest BCUT2D eigenvalue weighted by molar-refractivity contribution is 5.81. The molecule has 0 bridgehead atoms. The fraction of sp³-hybridized carbons (Fsp3) is 0.423. The van der Waals surface area contributed by atoms with Crippen molar-refractivity contribution in [2.24, 2.45) is 0 Å². The standard InChI is InChI=1S/C26H32FN3O/c1-2-28-26(31)10-6-21-3-7-22-12-18-30(25(22)19-21)24-13-16-29(17-14-24)15-11-20-4-8-23(27)9-5-20/h3-5,7-9,12,18-19,24H,2,6,10-11,13-17H2,1H3,(H,28,31). The smallest absolute Gasteiger partial charge is 0.220 e. The van der Waals surface area contributed by atoms with Crippen molar-refractivity contribution in [3.05, 3.63) is 71.7 Å². The number of fused-ring (bicyclic) bond motifs is 1. The van der Waals surface area contributed by atoms with Gasteiger partial charge in [0.05, 0.1) is 0 Å². The average molecular weight is 422 g/mol. The molecular formula is C26H32FN3O. The van der Waals surface area contributed by atoms with Crippen molar-refractivity contribution in [3.63, 3.8) is 0 Å². The van der Waals surface area contributed by atoms with E-state index in [2.05, 4.69) is 45.2 Å². The van der Waals surface area contributed by atoms with Gasteiger partial charge in [0, 0.05) is 50.4 Å². The van der Waals surface area contributed by atoms with Crippen molar-refractivity contribution < 1.29 is 9.18 Å². The van der Waals surface area contributed by atoms with Crippen LogP contribution in [0.4, 0.5) is 4.39 Å². The lowest BCUT2D eigenvalue weighted by atomic mass is 10.0. The van der Waals surface area contributed by atoms with Gasteiger partial charge in [-0.05, 0) is 73.4 Å². The maximum Gasteiger partial charge on any atom is 0.220 e. The first-order valence-electron chi connectivity index (χ1n) is 11.5. The summed E-state index contributed by atoms with van der Waals surface area (Å²) in [6.45, 7) is 5.83. The van der Waals surface area contributed by atoms with Crippen LogP contribution in [0.3, 0.4) is 0 Å². The van der Waals surface area contributed by atoms with Crippen molar-refractivity contribution in [2.45, 2.75) is 45.1 Å². The molecule has 2 heterocycles. The molecule has 0 atom stereocenters. The molecule has 1 fully saturated rings. The Bertz CT molecular complexity index is 1000. The molecule has 0 unspecified atom stereocenters. The maximum atomic E-state index is 13.1. The van der Waals surface area contributed by atoms with Crippen LogP contribution in [0.25, 0.3) is 10.9 Å². The van der Waals surface area contributed by atoms with Gasteiger partial charge in [0.25, 0.3) is 0 Å². The average Bonchev–Trinajstić information content (AvgIpc) is 3.21. The lowest BCUT2D eigenvalue weighted by Crippen LogP contribution is -2.35. The van der Waals surface area contributed by atoms with E-state index in [1.54, 1.807) is 12.1 Å². The van der Waals surface area contributed by atoms with Crippen LogP contribution in [0, 0.1) is 5.82 Å². The minimum absolute atomic E-state index is 0.117. The summed E-state index contributed by atoms with van der Waals surface area (Å²) in [6.07, 6.45) is 6.76. The first-order chi connectivity index (χ1) is 15.1. The van der Waals surface area contributed by atoms with Crippen molar-refractivity contribution in [1.29, 1.82) is 0 Å². The normalized spacial score (nSPS) is 15.4. The Morgan fingerprint density at radius 3 is 2.52 bits per heavy atom. The monoisotopic (exact) mass is 421 g/mol. The van der Waals surface area contributed by atoms with Crippen LogP contribution in [0.15, 0.2) is 54.7 Å². The number of aromatic nitrogens is 1. The van der Waals surface area contributed by atoms with Gasteiger partial charge in [-0.1, -0.05) is 24.3 Å². The van der Waals surface area contributed by atoms with Gasteiger partial charge in [-0.25, -0.2) is 4.39 Å². The molecule has 1 aliphatic heterocycles. The predicted molar refractivity (Wildman–Crippen MR) is 124 cm³/mol. The van der Waals surface area contributed by atoms with Crippen LogP contribution >= 0.6 is 0 Å². The van der Waals surface area contributed by atoms with Gasteiger partial charge in [0.1, 0.15) is 5.82 Å². The third-order valence-corrected chi connectivity index (χ3v) is 6.38. The fourth-order valence-electron chi connectivity index (χ4n) is 4.57. The molecule has 5 heteroatoms. The van der Waals surface area contributed by atoms with Crippen molar-refractivity contribution in [1.82, 2.24) is 14.8 Å². The van der Waals surface area contributed by atoms with Crippen molar-refractivity contribution >= 4 is 16.8 Å². The highest BCUT2D eigenvalue weighted by atomic mass is 19.1. The van der Waals surface area contributed by atoms with Crippen LogP contribution in [0.1, 0.15) is 43.4 Å². The fourth-order valence-corrected chi connectivity index (χ4v) is 4.57. The van der Waals surface area contributed by atoms with Crippen LogP contribution in [0.2, 0.25) is 0 Å². The van der Waals surface area contributed by atoms with E-state index in [9.17, 15) is 9.18 Å². The number of nitrogens with zero attached hydrogens (tertiary/aromatic N) is 2. The number of likely N-dealkylation sites (tertiary alicyclic amines) is 1. The molecule has 31 heavy (non-hydrogen) atoms. The van der Waals surface area contributed by atoms with Gasteiger partial charge >= 0.3 is 0 Å². The molecule has 0 radical (unpaired) electrons. The topological polar surface area (TPSA) is 37.3 Å². The lowest BCUT2D eigenvalue weighted by molar-refractivity contribution is -0.120. The molecule has 3 aromatic rings. The van der Waals surface area contributed by atoms with E-state index in [1.807, 2.05) is 19.1 Å². The van der Waals surface area contributed by atoms with Crippen LogP contribution in [0.5, 0.6) is 0 Å². The minimum Gasteiger partial charge on any atom is -0.356 e. The Hall–Kier alpha value is -2.66. The zero-order chi connectivity index (χ0) is 21.6. The molecule has 4 nitrogen and oxygen atoms in total. The first kappa shape index (κ1) is 21.6. The summed E-state index contributed by atoms with van der Waals surface area (Å²) >= 11 is 0. The number of nitrogens with one attached hydrogen (secondary N) is 1. The predicted octanol–water partition coefficient (Wildman–Crippen LogP) is 4.73. The van der Waals surface area contributed by atoms with Gasteiger partial charge in [-0.2, -0.15) is 0 Å². The molecule has 1 amide bonds. The van der Waals surface area contributed by atoms with Crippen molar-refractivity contribution in [2.75, 3.05) is 26.2 Å².